The maximum absolute atomic E-state index is 12.0. The highest BCUT2D eigenvalue weighted by atomic mass is 16.2. The molecule has 0 unspecified atom stereocenters. The van der Waals surface area contributed by atoms with E-state index in [0.29, 0.717) is 11.5 Å². The van der Waals surface area contributed by atoms with Crippen LogP contribution in [0, 0.1) is 0 Å². The summed E-state index contributed by atoms with van der Waals surface area (Å²) in [5.74, 6) is 0.442. The van der Waals surface area contributed by atoms with E-state index in [1.807, 2.05) is 12.1 Å². The predicted octanol–water partition coefficient (Wildman–Crippen LogP) is 1.75. The number of hydrogen-bond donors (Lipinski definition) is 0. The van der Waals surface area contributed by atoms with E-state index >= 15 is 0 Å². The fourth-order valence-corrected chi connectivity index (χ4v) is 1.32. The molecule has 0 spiro atoms. The van der Waals surface area contributed by atoms with Crippen LogP contribution in [0.2, 0.25) is 0 Å². The smallest absolute Gasteiger partial charge is 0.277 e. The molecule has 0 fully saturated rings. The van der Waals surface area contributed by atoms with Crippen molar-refractivity contribution in [2.45, 2.75) is 0 Å². The molecular weight excluding hydrogens is 202 g/mol. The number of nitrogens with zero attached hydrogens (tertiary/aromatic N) is 3. The summed E-state index contributed by atoms with van der Waals surface area (Å²) in [4.78, 5) is 21.6. The normalized spacial score (nSPS) is 9.81. The van der Waals surface area contributed by atoms with Gasteiger partial charge >= 0.3 is 0 Å². The Kier molecular flexibility index (Phi) is 2.91. The van der Waals surface area contributed by atoms with Gasteiger partial charge in [-0.2, -0.15) is 0 Å². The molecule has 4 heteroatoms. The second-order valence-electron chi connectivity index (χ2n) is 3.27. The number of anilines is 1. The molecule has 1 amide bonds. The van der Waals surface area contributed by atoms with Crippen LogP contribution in [0.3, 0.4) is 0 Å². The average Bonchev–Trinajstić information content (AvgIpc) is 2.39. The molecule has 0 saturated heterocycles. The van der Waals surface area contributed by atoms with Gasteiger partial charge in [-0.15, -0.1) is 0 Å². The van der Waals surface area contributed by atoms with Gasteiger partial charge in [-0.25, -0.2) is 4.98 Å². The lowest BCUT2D eigenvalue weighted by atomic mass is 10.3. The van der Waals surface area contributed by atoms with Crippen LogP contribution in [0.5, 0.6) is 0 Å². The van der Waals surface area contributed by atoms with E-state index in [0.717, 1.165) is 0 Å². The minimum absolute atomic E-state index is 0.167. The number of aromatic nitrogens is 2. The number of amides is 1. The first-order valence-corrected chi connectivity index (χ1v) is 4.89. The Bertz CT molecular complexity index is 470. The standard InChI is InChI=1S/C12H11N3O/c1-15(11-7-3-5-9-14-11)12(16)10-6-2-4-8-13-10/h2-9H,1H3. The zero-order valence-corrected chi connectivity index (χ0v) is 8.87. The summed E-state index contributed by atoms with van der Waals surface area (Å²) in [6, 6.07) is 10.7. The van der Waals surface area contributed by atoms with Crippen molar-refractivity contribution in [3.8, 4) is 0 Å². The van der Waals surface area contributed by atoms with Crippen molar-refractivity contribution in [1.29, 1.82) is 0 Å². The van der Waals surface area contributed by atoms with E-state index in [4.69, 9.17) is 0 Å². The monoisotopic (exact) mass is 213 g/mol. The third-order valence-electron chi connectivity index (χ3n) is 2.18. The van der Waals surface area contributed by atoms with Crippen molar-refractivity contribution in [3.05, 3.63) is 54.5 Å². The molecule has 2 rings (SSSR count). The Morgan fingerprint density at radius 3 is 2.31 bits per heavy atom. The van der Waals surface area contributed by atoms with Crippen LogP contribution in [-0.2, 0) is 0 Å². The predicted molar refractivity (Wildman–Crippen MR) is 61.2 cm³/mol. The minimum Gasteiger partial charge on any atom is -0.294 e. The third kappa shape index (κ3) is 2.06. The largest absolute Gasteiger partial charge is 0.294 e. The van der Waals surface area contributed by atoms with E-state index < -0.39 is 0 Å². The summed E-state index contributed by atoms with van der Waals surface area (Å²) in [5.41, 5.74) is 0.413. The molecule has 0 aliphatic heterocycles. The average molecular weight is 213 g/mol. The molecule has 80 valence electrons. The summed E-state index contributed by atoms with van der Waals surface area (Å²) in [5, 5.41) is 0. The number of carbonyl (C=O) groups excluding carboxylic acids is 1. The molecule has 0 saturated carbocycles. The molecule has 0 N–H and O–H groups in total. The number of hydrogen-bond acceptors (Lipinski definition) is 3. The molecule has 2 aromatic heterocycles. The van der Waals surface area contributed by atoms with Crippen LogP contribution in [0.25, 0.3) is 0 Å². The van der Waals surface area contributed by atoms with E-state index in [1.54, 1.807) is 43.7 Å². The molecule has 2 aromatic rings. The van der Waals surface area contributed by atoms with Gasteiger partial charge in [-0.05, 0) is 24.3 Å². The van der Waals surface area contributed by atoms with Gasteiger partial charge in [0.05, 0.1) is 0 Å². The highest BCUT2D eigenvalue weighted by molar-refractivity contribution is 6.03. The van der Waals surface area contributed by atoms with Crippen LogP contribution >= 0.6 is 0 Å². The summed E-state index contributed by atoms with van der Waals surface area (Å²) in [6.45, 7) is 0. The lowest BCUT2D eigenvalue weighted by molar-refractivity contribution is 0.0987. The Morgan fingerprint density at radius 2 is 1.75 bits per heavy atom. The lowest BCUT2D eigenvalue weighted by Gasteiger charge is -2.14. The zero-order valence-electron chi connectivity index (χ0n) is 8.87. The fraction of sp³-hybridized carbons (Fsp3) is 0.0833. The Hall–Kier alpha value is -2.23. The van der Waals surface area contributed by atoms with Gasteiger partial charge in [0.1, 0.15) is 11.5 Å². The first kappa shape index (κ1) is 10.3. The first-order chi connectivity index (χ1) is 7.79. The Balaban J connectivity index is 2.24. The number of pyridine rings is 2. The molecular formula is C12H11N3O. The molecule has 0 aliphatic carbocycles. The van der Waals surface area contributed by atoms with Crippen molar-refractivity contribution in [2.75, 3.05) is 11.9 Å². The lowest BCUT2D eigenvalue weighted by Crippen LogP contribution is -2.27. The second kappa shape index (κ2) is 4.53. The van der Waals surface area contributed by atoms with Crippen molar-refractivity contribution < 1.29 is 4.79 Å². The van der Waals surface area contributed by atoms with Gasteiger partial charge in [0.25, 0.3) is 5.91 Å². The van der Waals surface area contributed by atoms with Crippen molar-refractivity contribution in [3.63, 3.8) is 0 Å². The molecule has 0 atom stereocenters. The van der Waals surface area contributed by atoms with E-state index in [1.165, 1.54) is 4.90 Å². The molecule has 0 aromatic carbocycles. The Labute approximate surface area is 93.6 Å². The number of carbonyl (C=O) groups is 1. The molecule has 0 radical (unpaired) electrons. The molecule has 2 heterocycles. The van der Waals surface area contributed by atoms with Gasteiger partial charge in [0.2, 0.25) is 0 Å². The summed E-state index contributed by atoms with van der Waals surface area (Å²) in [6.07, 6.45) is 3.25. The van der Waals surface area contributed by atoms with Crippen molar-refractivity contribution in [2.24, 2.45) is 0 Å². The SMILES string of the molecule is CN(C(=O)c1ccccn1)c1ccccn1. The molecule has 0 bridgehead atoms. The van der Waals surface area contributed by atoms with Crippen molar-refractivity contribution >= 4 is 11.7 Å². The van der Waals surface area contributed by atoms with E-state index in [-0.39, 0.29) is 5.91 Å². The van der Waals surface area contributed by atoms with Gasteiger partial charge in [0, 0.05) is 19.4 Å². The van der Waals surface area contributed by atoms with Crippen LogP contribution < -0.4 is 4.90 Å². The van der Waals surface area contributed by atoms with Crippen LogP contribution in [0.1, 0.15) is 10.5 Å². The maximum Gasteiger partial charge on any atom is 0.277 e. The quantitative estimate of drug-likeness (QED) is 0.763. The minimum atomic E-state index is -0.167. The van der Waals surface area contributed by atoms with E-state index in [9.17, 15) is 4.79 Å². The molecule has 16 heavy (non-hydrogen) atoms. The second-order valence-corrected chi connectivity index (χ2v) is 3.27. The van der Waals surface area contributed by atoms with Gasteiger partial charge in [-0.1, -0.05) is 12.1 Å². The fourth-order valence-electron chi connectivity index (χ4n) is 1.32. The third-order valence-corrected chi connectivity index (χ3v) is 2.18. The molecule has 4 nitrogen and oxygen atoms in total. The summed E-state index contributed by atoms with van der Waals surface area (Å²) < 4.78 is 0. The highest BCUT2D eigenvalue weighted by Gasteiger charge is 2.14. The van der Waals surface area contributed by atoms with Crippen LogP contribution in [0.4, 0.5) is 5.82 Å². The number of rotatable bonds is 2. The van der Waals surface area contributed by atoms with Crippen LogP contribution in [0.15, 0.2) is 48.8 Å². The molecule has 0 aliphatic rings. The van der Waals surface area contributed by atoms with Gasteiger partial charge < -0.3 is 0 Å². The highest BCUT2D eigenvalue weighted by Crippen LogP contribution is 2.09. The summed E-state index contributed by atoms with van der Waals surface area (Å²) >= 11 is 0. The zero-order chi connectivity index (χ0) is 11.4. The topological polar surface area (TPSA) is 46.1 Å². The first-order valence-electron chi connectivity index (χ1n) is 4.89. The maximum atomic E-state index is 12.0. The summed E-state index contributed by atoms with van der Waals surface area (Å²) in [7, 11) is 1.68. The van der Waals surface area contributed by atoms with E-state index in [2.05, 4.69) is 9.97 Å². The Morgan fingerprint density at radius 1 is 1.06 bits per heavy atom. The van der Waals surface area contributed by atoms with Gasteiger partial charge in [-0.3, -0.25) is 14.7 Å². The van der Waals surface area contributed by atoms with Crippen molar-refractivity contribution in [1.82, 2.24) is 9.97 Å². The van der Waals surface area contributed by atoms with Gasteiger partial charge in [0.15, 0.2) is 0 Å². The van der Waals surface area contributed by atoms with Crippen LogP contribution in [-0.4, -0.2) is 22.9 Å².